The minimum absolute atomic E-state index is 0.314. The van der Waals surface area contributed by atoms with E-state index in [2.05, 4.69) is 62.2 Å². The van der Waals surface area contributed by atoms with Crippen molar-refractivity contribution in [2.24, 2.45) is 0 Å². The summed E-state index contributed by atoms with van der Waals surface area (Å²) in [5, 5.41) is 22.0. The zero-order chi connectivity index (χ0) is 20.5. The van der Waals surface area contributed by atoms with E-state index in [0.29, 0.717) is 17.3 Å². The Balaban J connectivity index is 1.69. The van der Waals surface area contributed by atoms with Crippen molar-refractivity contribution in [1.29, 1.82) is 0 Å². The molecule has 0 amide bonds. The summed E-state index contributed by atoms with van der Waals surface area (Å²) in [6.07, 6.45) is 4.81. The van der Waals surface area contributed by atoms with Crippen LogP contribution in [-0.2, 0) is 6.42 Å². The molecule has 5 rings (SSSR count). The van der Waals surface area contributed by atoms with Crippen LogP contribution in [-0.4, -0.2) is 30.4 Å². The van der Waals surface area contributed by atoms with Gasteiger partial charge in [0.2, 0.25) is 5.95 Å². The quantitative estimate of drug-likeness (QED) is 0.483. The van der Waals surface area contributed by atoms with Crippen molar-refractivity contribution in [3.8, 4) is 0 Å². The van der Waals surface area contributed by atoms with Crippen LogP contribution in [0.5, 0.6) is 0 Å². The second-order valence-electron chi connectivity index (χ2n) is 7.04. The van der Waals surface area contributed by atoms with E-state index in [1.807, 2.05) is 42.5 Å². The first kappa shape index (κ1) is 18.0. The SMILES string of the molecule is CCc1ccc([C@@H]2c3c(/C=C/c4ccccc4)n[nH]c(=O)c3Nc3nnnn32)cc1. The van der Waals surface area contributed by atoms with E-state index < -0.39 is 0 Å². The monoisotopic (exact) mass is 397 g/mol. The van der Waals surface area contributed by atoms with Crippen molar-refractivity contribution in [3.63, 3.8) is 0 Å². The maximum Gasteiger partial charge on any atom is 0.288 e. The van der Waals surface area contributed by atoms with Crippen LogP contribution in [0.4, 0.5) is 11.6 Å². The fourth-order valence-corrected chi connectivity index (χ4v) is 3.67. The third kappa shape index (κ3) is 3.08. The van der Waals surface area contributed by atoms with Gasteiger partial charge in [-0.1, -0.05) is 72.7 Å². The molecule has 2 aromatic heterocycles. The molecular formula is C22H19N7O. The Morgan fingerprint density at radius 1 is 1.07 bits per heavy atom. The number of aromatic nitrogens is 6. The molecule has 0 unspecified atom stereocenters. The predicted octanol–water partition coefficient (Wildman–Crippen LogP) is 3.18. The predicted molar refractivity (Wildman–Crippen MR) is 114 cm³/mol. The molecule has 1 aliphatic rings. The molecule has 1 aliphatic heterocycles. The number of benzene rings is 2. The van der Waals surface area contributed by atoms with E-state index in [0.717, 1.165) is 23.1 Å². The van der Waals surface area contributed by atoms with Gasteiger partial charge >= 0.3 is 0 Å². The molecule has 0 bridgehead atoms. The fraction of sp³-hybridized carbons (Fsp3) is 0.136. The molecule has 4 aromatic rings. The lowest BCUT2D eigenvalue weighted by molar-refractivity contribution is 0.565. The average Bonchev–Trinajstić information content (AvgIpc) is 3.27. The van der Waals surface area contributed by atoms with Crippen LogP contribution in [0.2, 0.25) is 0 Å². The summed E-state index contributed by atoms with van der Waals surface area (Å²) < 4.78 is 1.68. The lowest BCUT2D eigenvalue weighted by atomic mass is 9.93. The summed E-state index contributed by atoms with van der Waals surface area (Å²) in [4.78, 5) is 12.6. The van der Waals surface area contributed by atoms with Gasteiger partial charge in [-0.2, -0.15) is 9.78 Å². The number of anilines is 2. The molecule has 8 nitrogen and oxygen atoms in total. The van der Waals surface area contributed by atoms with E-state index in [4.69, 9.17) is 0 Å². The van der Waals surface area contributed by atoms with Crippen molar-refractivity contribution < 1.29 is 0 Å². The van der Waals surface area contributed by atoms with E-state index >= 15 is 0 Å². The molecule has 0 aliphatic carbocycles. The van der Waals surface area contributed by atoms with Gasteiger partial charge in [-0.3, -0.25) is 4.79 Å². The van der Waals surface area contributed by atoms with Crippen molar-refractivity contribution in [1.82, 2.24) is 30.4 Å². The zero-order valence-corrected chi connectivity index (χ0v) is 16.3. The van der Waals surface area contributed by atoms with Crippen LogP contribution in [0.3, 0.4) is 0 Å². The first-order chi connectivity index (χ1) is 14.7. The highest BCUT2D eigenvalue weighted by Crippen LogP contribution is 2.38. The Labute approximate surface area is 172 Å². The fourth-order valence-electron chi connectivity index (χ4n) is 3.67. The summed E-state index contributed by atoms with van der Waals surface area (Å²) in [5.74, 6) is 0.418. The average molecular weight is 397 g/mol. The smallest absolute Gasteiger partial charge is 0.288 e. The number of fused-ring (bicyclic) bond motifs is 2. The molecular weight excluding hydrogens is 378 g/mol. The summed E-state index contributed by atoms with van der Waals surface area (Å²) in [6, 6.07) is 17.8. The van der Waals surface area contributed by atoms with Crippen molar-refractivity contribution in [2.75, 3.05) is 5.32 Å². The highest BCUT2D eigenvalue weighted by Gasteiger charge is 2.33. The van der Waals surface area contributed by atoms with Crippen molar-refractivity contribution in [2.45, 2.75) is 19.4 Å². The largest absolute Gasteiger partial charge is 0.318 e. The van der Waals surface area contributed by atoms with E-state index in [1.165, 1.54) is 5.56 Å². The van der Waals surface area contributed by atoms with Gasteiger partial charge in [-0.15, -0.1) is 0 Å². The normalized spacial score (nSPS) is 14.9. The number of hydrogen-bond acceptors (Lipinski definition) is 6. The van der Waals surface area contributed by atoms with Gasteiger partial charge in [0.1, 0.15) is 11.7 Å². The molecule has 3 heterocycles. The van der Waals surface area contributed by atoms with Gasteiger partial charge in [0.05, 0.1) is 5.69 Å². The van der Waals surface area contributed by atoms with Gasteiger partial charge in [0, 0.05) is 5.56 Å². The third-order valence-corrected chi connectivity index (χ3v) is 5.23. The second kappa shape index (κ2) is 7.40. The molecule has 8 heteroatoms. The molecule has 0 radical (unpaired) electrons. The molecule has 2 aromatic carbocycles. The Morgan fingerprint density at radius 2 is 1.87 bits per heavy atom. The van der Waals surface area contributed by atoms with Gasteiger partial charge in [-0.25, -0.2) is 5.10 Å². The molecule has 148 valence electrons. The molecule has 30 heavy (non-hydrogen) atoms. The van der Waals surface area contributed by atoms with Crippen LogP contribution < -0.4 is 10.9 Å². The van der Waals surface area contributed by atoms with Crippen LogP contribution in [0.25, 0.3) is 12.2 Å². The Bertz CT molecular complexity index is 1270. The summed E-state index contributed by atoms with van der Waals surface area (Å²) in [7, 11) is 0. The van der Waals surface area contributed by atoms with Gasteiger partial charge < -0.3 is 5.32 Å². The Kier molecular flexibility index (Phi) is 4.44. The zero-order valence-electron chi connectivity index (χ0n) is 16.3. The van der Waals surface area contributed by atoms with Gasteiger partial charge in [-0.05, 0) is 39.6 Å². The molecule has 0 spiro atoms. The number of aryl methyl sites for hydroxylation is 1. The Morgan fingerprint density at radius 3 is 2.63 bits per heavy atom. The maximum absolute atomic E-state index is 12.6. The first-order valence-electron chi connectivity index (χ1n) is 9.74. The minimum Gasteiger partial charge on any atom is -0.318 e. The highest BCUT2D eigenvalue weighted by atomic mass is 16.1. The highest BCUT2D eigenvalue weighted by molar-refractivity contribution is 5.75. The topological polar surface area (TPSA) is 101 Å². The standard InChI is InChI=1S/C22H19N7O/c1-2-14-8-11-16(12-9-14)20-18-17(13-10-15-6-4-3-5-7-15)24-25-21(30)19(18)23-22-26-27-28-29(20)22/h3-13,20H,2H2,1H3,(H,25,30)(H,23,26,28)/b13-10+/t20-/m1/s1. The molecule has 2 N–H and O–H groups in total. The summed E-state index contributed by atoms with van der Waals surface area (Å²) in [6.45, 7) is 2.12. The van der Waals surface area contributed by atoms with Crippen LogP contribution >= 0.6 is 0 Å². The van der Waals surface area contributed by atoms with Crippen molar-refractivity contribution in [3.05, 3.63) is 92.9 Å². The molecule has 0 fully saturated rings. The lowest BCUT2D eigenvalue weighted by Gasteiger charge is -2.27. The van der Waals surface area contributed by atoms with Crippen LogP contribution in [0.15, 0.2) is 59.4 Å². The number of H-pyrrole nitrogens is 1. The van der Waals surface area contributed by atoms with Gasteiger partial charge in [0.25, 0.3) is 5.56 Å². The number of rotatable bonds is 4. The van der Waals surface area contributed by atoms with Gasteiger partial charge in [0.15, 0.2) is 0 Å². The van der Waals surface area contributed by atoms with E-state index in [9.17, 15) is 4.79 Å². The molecule has 0 saturated carbocycles. The first-order valence-corrected chi connectivity index (χ1v) is 9.74. The molecule has 1 atom stereocenters. The minimum atomic E-state index is -0.373. The van der Waals surface area contributed by atoms with Crippen LogP contribution in [0.1, 0.15) is 40.9 Å². The number of tetrazole rings is 1. The number of aromatic amines is 1. The van der Waals surface area contributed by atoms with Crippen molar-refractivity contribution >= 4 is 23.8 Å². The number of nitrogens with one attached hydrogen (secondary N) is 2. The van der Waals surface area contributed by atoms with E-state index in [-0.39, 0.29) is 11.6 Å². The Hall–Kier alpha value is -4.07. The lowest BCUT2D eigenvalue weighted by Crippen LogP contribution is -2.29. The third-order valence-electron chi connectivity index (χ3n) is 5.23. The number of nitrogens with zero attached hydrogens (tertiary/aromatic N) is 5. The molecule has 0 saturated heterocycles. The van der Waals surface area contributed by atoms with Crippen LogP contribution in [0, 0.1) is 0 Å². The van der Waals surface area contributed by atoms with E-state index in [1.54, 1.807) is 4.68 Å². The summed E-state index contributed by atoms with van der Waals surface area (Å²) >= 11 is 0. The second-order valence-corrected chi connectivity index (χ2v) is 7.04. The summed E-state index contributed by atoms with van der Waals surface area (Å²) in [5.41, 5.74) is 4.72. The number of hydrogen-bond donors (Lipinski definition) is 2. The maximum atomic E-state index is 12.6.